The SMILES string of the molecule is CC(=O)N1CCC(C(=O)O)C12CCS(=O)(=O)CC2. The maximum atomic E-state index is 11.6. The molecule has 2 aliphatic rings. The Bertz CT molecular complexity index is 446. The van der Waals surface area contributed by atoms with E-state index in [4.69, 9.17) is 0 Å². The second-order valence-electron chi connectivity index (χ2n) is 5.11. The van der Waals surface area contributed by atoms with Gasteiger partial charge in [-0.3, -0.25) is 9.59 Å². The van der Waals surface area contributed by atoms with Crippen LogP contribution in [0.3, 0.4) is 0 Å². The lowest BCUT2D eigenvalue weighted by molar-refractivity contribution is -0.147. The standard InChI is InChI=1S/C11H17NO5S/c1-8(13)12-5-2-9(10(14)15)11(12)3-6-18(16,17)7-4-11/h9H,2-7H2,1H3,(H,14,15). The first-order valence-corrected chi connectivity index (χ1v) is 7.82. The Labute approximate surface area is 106 Å². The zero-order valence-corrected chi connectivity index (χ0v) is 11.1. The van der Waals surface area contributed by atoms with Gasteiger partial charge in [-0.15, -0.1) is 0 Å². The predicted molar refractivity (Wildman–Crippen MR) is 63.7 cm³/mol. The van der Waals surface area contributed by atoms with E-state index in [1.165, 1.54) is 6.92 Å². The molecular weight excluding hydrogens is 258 g/mol. The molecule has 0 aliphatic carbocycles. The van der Waals surface area contributed by atoms with Gasteiger partial charge in [-0.2, -0.15) is 0 Å². The van der Waals surface area contributed by atoms with Gasteiger partial charge in [0.15, 0.2) is 0 Å². The van der Waals surface area contributed by atoms with E-state index in [1.807, 2.05) is 0 Å². The molecule has 1 N–H and O–H groups in total. The second kappa shape index (κ2) is 4.22. The summed E-state index contributed by atoms with van der Waals surface area (Å²) in [6, 6.07) is 0. The Morgan fingerprint density at radius 1 is 1.28 bits per heavy atom. The van der Waals surface area contributed by atoms with E-state index >= 15 is 0 Å². The third-order valence-corrected chi connectivity index (χ3v) is 5.85. The fourth-order valence-corrected chi connectivity index (χ4v) is 4.80. The number of carboxylic acid groups (broad SMARTS) is 1. The number of carbonyl (C=O) groups excluding carboxylic acids is 1. The summed E-state index contributed by atoms with van der Waals surface area (Å²) in [4.78, 5) is 24.5. The highest BCUT2D eigenvalue weighted by atomic mass is 32.2. The summed E-state index contributed by atoms with van der Waals surface area (Å²) in [6.45, 7) is 1.82. The van der Waals surface area contributed by atoms with E-state index in [1.54, 1.807) is 4.90 Å². The van der Waals surface area contributed by atoms with Crippen LogP contribution in [-0.2, 0) is 19.4 Å². The molecule has 2 aliphatic heterocycles. The van der Waals surface area contributed by atoms with E-state index < -0.39 is 27.3 Å². The fraction of sp³-hybridized carbons (Fsp3) is 0.818. The maximum Gasteiger partial charge on any atom is 0.308 e. The van der Waals surface area contributed by atoms with Crippen LogP contribution >= 0.6 is 0 Å². The highest BCUT2D eigenvalue weighted by Crippen LogP contribution is 2.43. The van der Waals surface area contributed by atoms with Crippen molar-refractivity contribution < 1.29 is 23.1 Å². The number of aliphatic carboxylic acids is 1. The molecule has 2 rings (SSSR count). The molecule has 1 unspecified atom stereocenters. The van der Waals surface area contributed by atoms with Gasteiger partial charge >= 0.3 is 5.97 Å². The monoisotopic (exact) mass is 275 g/mol. The van der Waals surface area contributed by atoms with E-state index in [2.05, 4.69) is 0 Å². The van der Waals surface area contributed by atoms with Gasteiger partial charge in [0.1, 0.15) is 9.84 Å². The van der Waals surface area contributed by atoms with Crippen molar-refractivity contribution in [3.8, 4) is 0 Å². The average Bonchev–Trinajstić information content (AvgIpc) is 2.62. The van der Waals surface area contributed by atoms with Crippen molar-refractivity contribution in [2.45, 2.75) is 31.7 Å². The number of sulfone groups is 1. The topological polar surface area (TPSA) is 91.8 Å². The van der Waals surface area contributed by atoms with Gasteiger partial charge in [0, 0.05) is 13.5 Å². The molecular formula is C11H17NO5S. The largest absolute Gasteiger partial charge is 0.481 e. The van der Waals surface area contributed by atoms with Crippen molar-refractivity contribution in [3.05, 3.63) is 0 Å². The van der Waals surface area contributed by atoms with Gasteiger partial charge < -0.3 is 10.0 Å². The van der Waals surface area contributed by atoms with Crippen LogP contribution in [0.4, 0.5) is 0 Å². The van der Waals surface area contributed by atoms with Crippen LogP contribution in [-0.4, -0.2) is 53.9 Å². The lowest BCUT2D eigenvalue weighted by Gasteiger charge is -2.43. The maximum absolute atomic E-state index is 11.6. The third kappa shape index (κ3) is 2.00. The third-order valence-electron chi connectivity index (χ3n) is 4.20. The smallest absolute Gasteiger partial charge is 0.308 e. The number of hydrogen-bond donors (Lipinski definition) is 1. The molecule has 2 saturated heterocycles. The highest BCUT2D eigenvalue weighted by Gasteiger charge is 2.55. The van der Waals surface area contributed by atoms with Crippen molar-refractivity contribution in [2.24, 2.45) is 5.92 Å². The molecule has 2 heterocycles. The molecule has 0 aromatic carbocycles. The van der Waals surface area contributed by atoms with Crippen molar-refractivity contribution in [2.75, 3.05) is 18.1 Å². The van der Waals surface area contributed by atoms with Crippen LogP contribution < -0.4 is 0 Å². The van der Waals surface area contributed by atoms with Crippen molar-refractivity contribution in [1.82, 2.24) is 4.90 Å². The molecule has 1 amide bonds. The predicted octanol–water partition coefficient (Wildman–Crippen LogP) is -0.113. The molecule has 6 nitrogen and oxygen atoms in total. The second-order valence-corrected chi connectivity index (χ2v) is 7.41. The Hall–Kier alpha value is -1.11. The molecule has 0 aromatic heterocycles. The van der Waals surface area contributed by atoms with E-state index in [0.717, 1.165) is 0 Å². The number of carboxylic acids is 1. The summed E-state index contributed by atoms with van der Waals surface area (Å²) in [7, 11) is -3.08. The lowest BCUT2D eigenvalue weighted by atomic mass is 9.79. The number of carbonyl (C=O) groups is 2. The van der Waals surface area contributed by atoms with Gasteiger partial charge in [0.05, 0.1) is 23.0 Å². The minimum atomic E-state index is -3.08. The van der Waals surface area contributed by atoms with Crippen LogP contribution in [0.2, 0.25) is 0 Å². The molecule has 1 atom stereocenters. The summed E-state index contributed by atoms with van der Waals surface area (Å²) in [5.41, 5.74) is -0.789. The van der Waals surface area contributed by atoms with Crippen molar-refractivity contribution in [3.63, 3.8) is 0 Å². The summed E-state index contributed by atoms with van der Waals surface area (Å²) >= 11 is 0. The summed E-state index contributed by atoms with van der Waals surface area (Å²) < 4.78 is 23.0. The average molecular weight is 275 g/mol. The van der Waals surface area contributed by atoms with E-state index in [-0.39, 0.29) is 30.3 Å². The Balaban J connectivity index is 2.35. The Morgan fingerprint density at radius 3 is 2.28 bits per heavy atom. The van der Waals surface area contributed by atoms with Gasteiger partial charge in [-0.1, -0.05) is 0 Å². The molecule has 18 heavy (non-hydrogen) atoms. The minimum absolute atomic E-state index is 0.0272. The fourth-order valence-electron chi connectivity index (χ4n) is 3.27. The van der Waals surface area contributed by atoms with Crippen LogP contribution in [0, 0.1) is 5.92 Å². The van der Waals surface area contributed by atoms with E-state index in [0.29, 0.717) is 13.0 Å². The van der Waals surface area contributed by atoms with Crippen LogP contribution in [0.15, 0.2) is 0 Å². The van der Waals surface area contributed by atoms with Gasteiger partial charge in [0.2, 0.25) is 5.91 Å². The number of amides is 1. The molecule has 2 fully saturated rings. The number of rotatable bonds is 1. The first kappa shape index (κ1) is 13.3. The number of likely N-dealkylation sites (tertiary alicyclic amines) is 1. The molecule has 0 aromatic rings. The first-order valence-electron chi connectivity index (χ1n) is 6.00. The van der Waals surface area contributed by atoms with Crippen LogP contribution in [0.25, 0.3) is 0 Å². The molecule has 102 valence electrons. The summed E-state index contributed by atoms with van der Waals surface area (Å²) in [5.74, 6) is -1.80. The molecule has 0 radical (unpaired) electrons. The first-order chi connectivity index (χ1) is 8.28. The van der Waals surface area contributed by atoms with Crippen LogP contribution in [0.1, 0.15) is 26.2 Å². The molecule has 0 bridgehead atoms. The minimum Gasteiger partial charge on any atom is -0.481 e. The lowest BCUT2D eigenvalue weighted by Crippen LogP contribution is -2.56. The zero-order valence-electron chi connectivity index (χ0n) is 10.3. The van der Waals surface area contributed by atoms with Crippen molar-refractivity contribution in [1.29, 1.82) is 0 Å². The van der Waals surface area contributed by atoms with Gasteiger partial charge in [-0.25, -0.2) is 8.42 Å². The highest BCUT2D eigenvalue weighted by molar-refractivity contribution is 7.91. The van der Waals surface area contributed by atoms with Crippen molar-refractivity contribution >= 4 is 21.7 Å². The molecule has 1 spiro atoms. The molecule has 7 heteroatoms. The number of nitrogens with zero attached hydrogens (tertiary/aromatic N) is 1. The normalized spacial score (nSPS) is 29.4. The Kier molecular flexibility index (Phi) is 3.12. The van der Waals surface area contributed by atoms with E-state index in [9.17, 15) is 23.1 Å². The summed E-state index contributed by atoms with van der Waals surface area (Å²) in [5, 5.41) is 9.27. The quantitative estimate of drug-likeness (QED) is 0.720. The van der Waals surface area contributed by atoms with Gasteiger partial charge in [0.25, 0.3) is 0 Å². The Morgan fingerprint density at radius 2 is 1.83 bits per heavy atom. The number of hydrogen-bond acceptors (Lipinski definition) is 4. The molecule has 0 saturated carbocycles. The summed E-state index contributed by atoms with van der Waals surface area (Å²) in [6.07, 6.45) is 0.896. The van der Waals surface area contributed by atoms with Crippen LogP contribution in [0.5, 0.6) is 0 Å². The zero-order chi connectivity index (χ0) is 13.6. The van der Waals surface area contributed by atoms with Gasteiger partial charge in [-0.05, 0) is 19.3 Å².